The molecule has 0 spiro atoms. The van der Waals surface area contributed by atoms with Gasteiger partial charge >= 0.3 is 5.97 Å². The van der Waals surface area contributed by atoms with Gasteiger partial charge in [0.25, 0.3) is 0 Å². The number of rotatable bonds is 6. The van der Waals surface area contributed by atoms with Crippen molar-refractivity contribution < 1.29 is 18.9 Å². The summed E-state index contributed by atoms with van der Waals surface area (Å²) in [6.07, 6.45) is 1.34. The van der Waals surface area contributed by atoms with Crippen molar-refractivity contribution in [3.05, 3.63) is 60.4 Å². The third-order valence-electron chi connectivity index (χ3n) is 3.98. The fraction of sp³-hybridized carbons (Fsp3) is 0.105. The lowest BCUT2D eigenvalue weighted by Gasteiger charge is -2.04. The zero-order valence-corrected chi connectivity index (χ0v) is 18.5. The van der Waals surface area contributed by atoms with Gasteiger partial charge in [0.05, 0.1) is 20.4 Å². The van der Waals surface area contributed by atoms with Gasteiger partial charge in [-0.2, -0.15) is 0 Å². The van der Waals surface area contributed by atoms with Crippen LogP contribution in [0.4, 0.5) is 0 Å². The van der Waals surface area contributed by atoms with Crippen LogP contribution < -0.4 is 0 Å². The van der Waals surface area contributed by atoms with Crippen LogP contribution >= 0.6 is 45.9 Å². The second-order valence-electron chi connectivity index (χ2n) is 6.11. The van der Waals surface area contributed by atoms with E-state index < -0.39 is 15.5 Å². The maximum atomic E-state index is 12.7. The summed E-state index contributed by atoms with van der Waals surface area (Å²) in [7, 11) is -2.55. The minimum Gasteiger partial charge on any atom is -0.478 e. The smallest absolute Gasteiger partial charge is 0.337 e. The third kappa shape index (κ3) is 4.18. The zero-order chi connectivity index (χ0) is 20.6. The highest BCUT2D eigenvalue weighted by Gasteiger charge is 2.25. The van der Waals surface area contributed by atoms with E-state index in [1.165, 1.54) is 17.6 Å². The molecule has 1 N–H and O–H groups in total. The molecule has 2 aromatic heterocycles. The molecular formula is C19H14Cl2O4S3. The molecule has 146 valence electrons. The second-order valence-corrected chi connectivity index (χ2v) is 11.2. The average molecular weight is 473 g/mol. The van der Waals surface area contributed by atoms with Gasteiger partial charge in [0.15, 0.2) is 5.78 Å². The van der Waals surface area contributed by atoms with Crippen LogP contribution in [0.1, 0.15) is 24.9 Å². The first-order valence-electron chi connectivity index (χ1n) is 7.81. The topological polar surface area (TPSA) is 71.4 Å². The van der Waals surface area contributed by atoms with Crippen LogP contribution in [0.15, 0.2) is 39.9 Å². The highest BCUT2D eigenvalue weighted by Crippen LogP contribution is 2.36. The highest BCUT2D eigenvalue weighted by atomic mass is 35.5. The number of carbonyl (C=O) groups is 2. The minimum absolute atomic E-state index is 0.0880. The standard InChI is InChI=1S/C19H14Cl2O4S3/c1-28(2,25)15-9-27-18(17(15)21)13(22)7-14-16(19(23)24)12(8-26-14)10-3-5-11(20)6-4-10/h3-6,8-9H,1,7H2,2H3,(H,23,24). The lowest BCUT2D eigenvalue weighted by Crippen LogP contribution is -2.07. The Morgan fingerprint density at radius 2 is 1.79 bits per heavy atom. The number of hydrogen-bond donors (Lipinski definition) is 1. The second kappa shape index (κ2) is 8.00. The fourth-order valence-corrected chi connectivity index (χ4v) is 6.92. The van der Waals surface area contributed by atoms with E-state index >= 15 is 0 Å². The SMILES string of the molecule is C=S(C)(=O)c1csc(C(=O)Cc2scc(-c3ccc(Cl)cc3)c2C(=O)O)c1Cl. The predicted octanol–water partition coefficient (Wildman–Crippen LogP) is 5.61. The van der Waals surface area contributed by atoms with Crippen molar-refractivity contribution in [3.63, 3.8) is 0 Å². The molecule has 9 heteroatoms. The molecule has 4 nitrogen and oxygen atoms in total. The molecule has 1 atom stereocenters. The molecule has 28 heavy (non-hydrogen) atoms. The van der Waals surface area contributed by atoms with Gasteiger partial charge in [-0.05, 0) is 38.5 Å². The molecule has 0 amide bonds. The van der Waals surface area contributed by atoms with Crippen LogP contribution in [0.2, 0.25) is 10.0 Å². The van der Waals surface area contributed by atoms with Crippen molar-refractivity contribution in [2.24, 2.45) is 0 Å². The lowest BCUT2D eigenvalue weighted by atomic mass is 10.0. The number of carbonyl (C=O) groups excluding carboxylic acids is 1. The van der Waals surface area contributed by atoms with Crippen LogP contribution in [0.5, 0.6) is 0 Å². The number of carboxylic acid groups (broad SMARTS) is 1. The number of thiophene rings is 2. The van der Waals surface area contributed by atoms with Gasteiger partial charge in [-0.1, -0.05) is 35.3 Å². The van der Waals surface area contributed by atoms with Crippen molar-refractivity contribution in [1.29, 1.82) is 0 Å². The Kier molecular flexibility index (Phi) is 6.03. The summed E-state index contributed by atoms with van der Waals surface area (Å²) in [5, 5.41) is 13.7. The first-order valence-corrected chi connectivity index (χ1v) is 12.5. The summed E-state index contributed by atoms with van der Waals surface area (Å²) < 4.78 is 12.1. The Hall–Kier alpha value is -1.64. The van der Waals surface area contributed by atoms with E-state index in [0.717, 1.165) is 11.3 Å². The van der Waals surface area contributed by atoms with Gasteiger partial charge in [0, 0.05) is 33.5 Å². The van der Waals surface area contributed by atoms with Gasteiger partial charge < -0.3 is 5.11 Å². The van der Waals surface area contributed by atoms with Crippen molar-refractivity contribution in [2.45, 2.75) is 11.3 Å². The van der Waals surface area contributed by atoms with Crippen LogP contribution in [-0.4, -0.2) is 33.2 Å². The molecule has 0 fully saturated rings. The molecule has 0 radical (unpaired) electrons. The summed E-state index contributed by atoms with van der Waals surface area (Å²) >= 11 is 14.4. The number of carboxylic acids is 1. The largest absolute Gasteiger partial charge is 0.478 e. The van der Waals surface area contributed by atoms with Crippen molar-refractivity contribution in [2.75, 3.05) is 6.26 Å². The molecule has 3 aromatic rings. The monoisotopic (exact) mass is 472 g/mol. The number of benzene rings is 1. The molecule has 1 aromatic carbocycles. The van der Waals surface area contributed by atoms with E-state index in [1.807, 2.05) is 0 Å². The predicted molar refractivity (Wildman–Crippen MR) is 119 cm³/mol. The van der Waals surface area contributed by atoms with Crippen molar-refractivity contribution >= 4 is 73.0 Å². The van der Waals surface area contributed by atoms with E-state index in [1.54, 1.807) is 35.0 Å². The Bertz CT molecular complexity index is 1170. The Morgan fingerprint density at radius 3 is 2.32 bits per heavy atom. The van der Waals surface area contributed by atoms with Gasteiger partial charge in [0.2, 0.25) is 0 Å². The third-order valence-corrected chi connectivity index (χ3v) is 8.25. The van der Waals surface area contributed by atoms with Crippen LogP contribution in [0, 0.1) is 0 Å². The molecule has 1 unspecified atom stereocenters. The van der Waals surface area contributed by atoms with E-state index in [4.69, 9.17) is 23.2 Å². The van der Waals surface area contributed by atoms with Gasteiger partial charge in [-0.3, -0.25) is 9.00 Å². The Morgan fingerprint density at radius 1 is 1.14 bits per heavy atom. The summed E-state index contributed by atoms with van der Waals surface area (Å²) in [6.45, 7) is 0. The molecule has 0 aliphatic heterocycles. The molecule has 0 bridgehead atoms. The fourth-order valence-electron chi connectivity index (χ4n) is 2.64. The van der Waals surface area contributed by atoms with Crippen LogP contribution in [-0.2, 0) is 15.9 Å². The van der Waals surface area contributed by atoms with E-state index in [9.17, 15) is 18.9 Å². The summed E-state index contributed by atoms with van der Waals surface area (Å²) in [5.41, 5.74) is 1.32. The highest BCUT2D eigenvalue weighted by molar-refractivity contribution is 7.99. The van der Waals surface area contributed by atoms with Crippen molar-refractivity contribution in [3.8, 4) is 11.1 Å². The molecular weight excluding hydrogens is 459 g/mol. The maximum absolute atomic E-state index is 12.7. The maximum Gasteiger partial charge on any atom is 0.337 e. The van der Waals surface area contributed by atoms with E-state index in [2.05, 4.69) is 5.87 Å². The normalized spacial score (nSPS) is 13.2. The van der Waals surface area contributed by atoms with Crippen LogP contribution in [0.25, 0.3) is 11.1 Å². The first kappa shape index (κ1) is 21.1. The molecule has 0 aliphatic rings. The summed E-state index contributed by atoms with van der Waals surface area (Å²) in [4.78, 5) is 25.6. The average Bonchev–Trinajstić information content (AvgIpc) is 3.19. The molecule has 0 saturated carbocycles. The molecule has 0 saturated heterocycles. The number of halogens is 2. The Labute approximate surface area is 180 Å². The number of aromatic carboxylic acids is 1. The summed E-state index contributed by atoms with van der Waals surface area (Å²) in [6, 6.07) is 6.83. The van der Waals surface area contributed by atoms with Gasteiger partial charge in [-0.15, -0.1) is 22.7 Å². The van der Waals surface area contributed by atoms with E-state index in [-0.39, 0.29) is 27.7 Å². The lowest BCUT2D eigenvalue weighted by molar-refractivity contribution is 0.0697. The quantitative estimate of drug-likeness (QED) is 0.373. The first-order chi connectivity index (χ1) is 13.1. The summed E-state index contributed by atoms with van der Waals surface area (Å²) in [5.74, 6) is 2.16. The van der Waals surface area contributed by atoms with E-state index in [0.29, 0.717) is 25.9 Å². The molecule has 0 aliphatic carbocycles. The number of hydrogen-bond acceptors (Lipinski definition) is 5. The van der Waals surface area contributed by atoms with Gasteiger partial charge in [-0.25, -0.2) is 4.79 Å². The molecule has 3 rings (SSSR count). The Balaban J connectivity index is 1.97. The molecule has 2 heterocycles. The minimum atomic E-state index is -2.55. The number of Topliss-reactive ketones (excluding diaryl/α,β-unsaturated/α-hetero) is 1. The van der Waals surface area contributed by atoms with Crippen molar-refractivity contribution in [1.82, 2.24) is 0 Å². The van der Waals surface area contributed by atoms with Gasteiger partial charge in [0.1, 0.15) is 0 Å². The zero-order valence-electron chi connectivity index (χ0n) is 14.5. The van der Waals surface area contributed by atoms with Crippen LogP contribution in [0.3, 0.4) is 0 Å². The number of ketones is 1.